The first-order valence-corrected chi connectivity index (χ1v) is 14.6. The van der Waals surface area contributed by atoms with Crippen molar-refractivity contribution in [1.82, 2.24) is 24.3 Å². The molecule has 2 fully saturated rings. The largest absolute Gasteiger partial charge is 0.370 e. The lowest BCUT2D eigenvalue weighted by atomic mass is 10.0. The predicted octanol–water partition coefficient (Wildman–Crippen LogP) is 6.38. The van der Waals surface area contributed by atoms with E-state index in [1.54, 1.807) is 6.20 Å². The molecule has 2 aromatic heterocycles. The van der Waals surface area contributed by atoms with Gasteiger partial charge in [0.1, 0.15) is 0 Å². The molecule has 4 heterocycles. The second kappa shape index (κ2) is 11.3. The minimum absolute atomic E-state index is 0.486. The first-order chi connectivity index (χ1) is 19.0. The molecule has 0 amide bonds. The summed E-state index contributed by atoms with van der Waals surface area (Å²) in [5.41, 5.74) is 4.80. The van der Waals surface area contributed by atoms with Gasteiger partial charge in [-0.3, -0.25) is 4.90 Å². The molecular weight excluding hydrogens is 529 g/mol. The van der Waals surface area contributed by atoms with E-state index in [4.69, 9.17) is 28.2 Å². The summed E-state index contributed by atoms with van der Waals surface area (Å²) < 4.78 is 2.21. The first-order valence-electron chi connectivity index (χ1n) is 13.8. The summed E-state index contributed by atoms with van der Waals surface area (Å²) in [4.78, 5) is 16.8. The maximum absolute atomic E-state index is 6.80. The molecule has 204 valence electrons. The standard InChI is InChI=1S/C30H35Cl2N7/c1-3-37-20-24(23-6-4-5-7-27(23)37)29-26(32)19-33-30(35-29)34-21-8-9-28(25(31)18-21)39-12-10-22(11-13-39)38-16-14-36(2)15-17-38/h4-9,18-20,22H,3,10-17H2,1-2H3,(H,33,34,35). The number of nitrogens with one attached hydrogen (secondary N) is 1. The molecule has 39 heavy (non-hydrogen) atoms. The smallest absolute Gasteiger partial charge is 0.227 e. The molecule has 0 atom stereocenters. The molecule has 1 N–H and O–H groups in total. The summed E-state index contributed by atoms with van der Waals surface area (Å²) >= 11 is 13.4. The van der Waals surface area contributed by atoms with Gasteiger partial charge in [-0.1, -0.05) is 41.4 Å². The number of piperidine rings is 1. The summed E-state index contributed by atoms with van der Waals surface area (Å²) in [6.45, 7) is 9.75. The highest BCUT2D eigenvalue weighted by atomic mass is 35.5. The number of anilines is 3. The van der Waals surface area contributed by atoms with E-state index in [1.807, 2.05) is 18.2 Å². The lowest BCUT2D eigenvalue weighted by Crippen LogP contribution is -2.52. The minimum Gasteiger partial charge on any atom is -0.370 e. The molecule has 2 aliphatic rings. The summed E-state index contributed by atoms with van der Waals surface area (Å²) in [5.74, 6) is 0.486. The fourth-order valence-corrected chi connectivity index (χ4v) is 6.44. The van der Waals surface area contributed by atoms with Gasteiger partial charge in [0.2, 0.25) is 5.95 Å². The molecule has 0 spiro atoms. The average Bonchev–Trinajstić information content (AvgIpc) is 3.33. The Morgan fingerprint density at radius 1 is 0.949 bits per heavy atom. The van der Waals surface area contributed by atoms with Crippen LogP contribution in [0.15, 0.2) is 54.9 Å². The van der Waals surface area contributed by atoms with Crippen LogP contribution in [0, 0.1) is 0 Å². The normalized spacial score (nSPS) is 17.7. The zero-order valence-electron chi connectivity index (χ0n) is 22.6. The Labute approximate surface area is 240 Å². The van der Waals surface area contributed by atoms with Crippen molar-refractivity contribution in [2.45, 2.75) is 32.4 Å². The fraction of sp³-hybridized carbons (Fsp3) is 0.400. The summed E-state index contributed by atoms with van der Waals surface area (Å²) in [7, 11) is 2.21. The van der Waals surface area contributed by atoms with Crippen molar-refractivity contribution in [2.24, 2.45) is 0 Å². The zero-order valence-corrected chi connectivity index (χ0v) is 24.1. The third kappa shape index (κ3) is 5.46. The molecule has 7 nitrogen and oxygen atoms in total. The molecule has 2 aromatic carbocycles. The number of rotatable bonds is 6. The Kier molecular flexibility index (Phi) is 7.67. The van der Waals surface area contributed by atoms with Gasteiger partial charge >= 0.3 is 0 Å². The Morgan fingerprint density at radius 3 is 2.46 bits per heavy atom. The Morgan fingerprint density at radius 2 is 1.72 bits per heavy atom. The van der Waals surface area contributed by atoms with E-state index < -0.39 is 0 Å². The number of piperazine rings is 1. The van der Waals surface area contributed by atoms with E-state index in [1.165, 1.54) is 39.0 Å². The monoisotopic (exact) mass is 563 g/mol. The third-order valence-corrected chi connectivity index (χ3v) is 8.77. The lowest BCUT2D eigenvalue weighted by Gasteiger charge is -2.42. The number of fused-ring (bicyclic) bond motifs is 1. The second-order valence-corrected chi connectivity index (χ2v) is 11.4. The average molecular weight is 565 g/mol. The highest BCUT2D eigenvalue weighted by molar-refractivity contribution is 6.34. The molecule has 9 heteroatoms. The van der Waals surface area contributed by atoms with Crippen molar-refractivity contribution in [3.63, 3.8) is 0 Å². The van der Waals surface area contributed by atoms with Crippen LogP contribution in [0.5, 0.6) is 0 Å². The summed E-state index contributed by atoms with van der Waals surface area (Å²) in [5, 5.41) is 5.71. The van der Waals surface area contributed by atoms with Gasteiger partial charge in [0, 0.05) is 80.2 Å². The molecule has 0 aliphatic carbocycles. The van der Waals surface area contributed by atoms with Crippen molar-refractivity contribution in [2.75, 3.05) is 56.5 Å². The van der Waals surface area contributed by atoms with Gasteiger partial charge in [0.25, 0.3) is 0 Å². The number of hydrogen-bond donors (Lipinski definition) is 1. The number of aromatic nitrogens is 3. The summed E-state index contributed by atoms with van der Waals surface area (Å²) in [6.07, 6.45) is 6.12. The highest BCUT2D eigenvalue weighted by Gasteiger charge is 2.27. The van der Waals surface area contributed by atoms with Gasteiger partial charge in [-0.05, 0) is 51.1 Å². The molecule has 6 rings (SSSR count). The van der Waals surface area contributed by atoms with Crippen molar-refractivity contribution in [3.05, 3.63) is 64.9 Å². The van der Waals surface area contributed by atoms with Gasteiger partial charge in [0.05, 0.1) is 27.6 Å². The van der Waals surface area contributed by atoms with Crippen LogP contribution in [-0.2, 0) is 6.54 Å². The van der Waals surface area contributed by atoms with Crippen molar-refractivity contribution in [3.8, 4) is 11.3 Å². The van der Waals surface area contributed by atoms with E-state index in [-0.39, 0.29) is 0 Å². The van der Waals surface area contributed by atoms with Crippen LogP contribution in [0.1, 0.15) is 19.8 Å². The van der Waals surface area contributed by atoms with Crippen LogP contribution in [0.3, 0.4) is 0 Å². The van der Waals surface area contributed by atoms with E-state index in [0.717, 1.165) is 52.5 Å². The van der Waals surface area contributed by atoms with E-state index in [2.05, 4.69) is 74.0 Å². The van der Waals surface area contributed by atoms with Gasteiger partial charge in [0.15, 0.2) is 0 Å². The number of aryl methyl sites for hydroxylation is 1. The third-order valence-electron chi connectivity index (χ3n) is 8.19. The second-order valence-electron chi connectivity index (χ2n) is 10.6. The molecule has 0 bridgehead atoms. The topological polar surface area (TPSA) is 52.5 Å². The van der Waals surface area contributed by atoms with Crippen LogP contribution in [-0.4, -0.2) is 76.7 Å². The molecule has 0 unspecified atom stereocenters. The number of para-hydroxylation sites is 1. The number of hydrogen-bond acceptors (Lipinski definition) is 6. The SMILES string of the molecule is CCn1cc(-c2nc(Nc3ccc(N4CCC(N5CCN(C)CC5)CC4)c(Cl)c3)ncc2Cl)c2ccccc21. The van der Waals surface area contributed by atoms with Crippen LogP contribution >= 0.6 is 23.2 Å². The van der Waals surface area contributed by atoms with Crippen LogP contribution < -0.4 is 10.2 Å². The van der Waals surface area contributed by atoms with Gasteiger partial charge < -0.3 is 19.7 Å². The van der Waals surface area contributed by atoms with E-state index in [9.17, 15) is 0 Å². The number of likely N-dealkylation sites (N-methyl/N-ethyl adjacent to an activating group) is 1. The minimum atomic E-state index is 0.486. The summed E-state index contributed by atoms with van der Waals surface area (Å²) in [6, 6.07) is 15.1. The van der Waals surface area contributed by atoms with Crippen molar-refractivity contribution >= 4 is 51.4 Å². The van der Waals surface area contributed by atoms with Crippen LogP contribution in [0.4, 0.5) is 17.3 Å². The van der Waals surface area contributed by atoms with Gasteiger partial charge in [-0.25, -0.2) is 9.97 Å². The fourth-order valence-electron chi connectivity index (χ4n) is 5.94. The van der Waals surface area contributed by atoms with Crippen molar-refractivity contribution in [1.29, 1.82) is 0 Å². The maximum Gasteiger partial charge on any atom is 0.227 e. The number of halogens is 2. The molecule has 0 radical (unpaired) electrons. The molecular formula is C30H35Cl2N7. The predicted molar refractivity (Wildman–Crippen MR) is 163 cm³/mol. The number of benzene rings is 2. The van der Waals surface area contributed by atoms with E-state index >= 15 is 0 Å². The highest BCUT2D eigenvalue weighted by Crippen LogP contribution is 2.35. The van der Waals surface area contributed by atoms with Crippen LogP contribution in [0.2, 0.25) is 10.0 Å². The van der Waals surface area contributed by atoms with Crippen molar-refractivity contribution < 1.29 is 0 Å². The molecule has 4 aromatic rings. The zero-order chi connectivity index (χ0) is 26.9. The van der Waals surface area contributed by atoms with Crippen LogP contribution in [0.25, 0.3) is 22.2 Å². The Bertz CT molecular complexity index is 1450. The Balaban J connectivity index is 1.16. The quantitative estimate of drug-likeness (QED) is 0.293. The van der Waals surface area contributed by atoms with Gasteiger partial charge in [-0.15, -0.1) is 0 Å². The van der Waals surface area contributed by atoms with Gasteiger partial charge in [-0.2, -0.15) is 0 Å². The first kappa shape index (κ1) is 26.4. The van der Waals surface area contributed by atoms with E-state index in [0.29, 0.717) is 22.7 Å². The number of nitrogens with zero attached hydrogens (tertiary/aromatic N) is 6. The molecule has 2 saturated heterocycles. The Hall–Kier alpha value is -2.84. The lowest BCUT2D eigenvalue weighted by molar-refractivity contribution is 0.0982. The molecule has 0 saturated carbocycles. The maximum atomic E-state index is 6.80. The molecule has 2 aliphatic heterocycles.